The summed E-state index contributed by atoms with van der Waals surface area (Å²) < 4.78 is 1.95. The summed E-state index contributed by atoms with van der Waals surface area (Å²) in [6.45, 7) is 12.0. The fourth-order valence-electron chi connectivity index (χ4n) is 4.53. The molecule has 0 saturated carbocycles. The van der Waals surface area contributed by atoms with Crippen LogP contribution in [-0.4, -0.2) is 19.7 Å². The van der Waals surface area contributed by atoms with Crippen molar-refractivity contribution in [3.63, 3.8) is 0 Å². The Morgan fingerprint density at radius 1 is 0.925 bits per heavy atom. The molecule has 2 heterocycles. The number of allylic oxidation sites excluding steroid dienone is 5. The fourth-order valence-corrected chi connectivity index (χ4v) is 4.53. The minimum atomic E-state index is 0.542. The summed E-state index contributed by atoms with van der Waals surface area (Å²) in [6.07, 6.45) is 16.3. The van der Waals surface area contributed by atoms with Crippen molar-refractivity contribution in [1.29, 1.82) is 0 Å². The van der Waals surface area contributed by atoms with E-state index in [1.54, 1.807) is 6.20 Å². The van der Waals surface area contributed by atoms with Crippen molar-refractivity contribution in [3.05, 3.63) is 121 Å². The van der Waals surface area contributed by atoms with Crippen LogP contribution in [-0.2, 0) is 0 Å². The molecule has 0 atom stereocenters. The average molecular weight is 530 g/mol. The number of nitrogens with zero attached hydrogens (tertiary/aromatic N) is 4. The Bertz CT molecular complexity index is 1460. The first-order chi connectivity index (χ1) is 19.6. The van der Waals surface area contributed by atoms with Gasteiger partial charge in [0.05, 0.1) is 5.69 Å². The summed E-state index contributed by atoms with van der Waals surface area (Å²) in [4.78, 5) is 9.38. The Balaban J connectivity index is 1.80. The highest BCUT2D eigenvalue weighted by atomic mass is 15.3. The second kappa shape index (κ2) is 14.6. The molecule has 4 aromatic rings. The van der Waals surface area contributed by atoms with E-state index in [1.807, 2.05) is 35.9 Å². The summed E-state index contributed by atoms with van der Waals surface area (Å²) in [7, 11) is 0. The number of anilines is 1. The Morgan fingerprint density at radius 2 is 1.65 bits per heavy atom. The van der Waals surface area contributed by atoms with Crippen molar-refractivity contribution in [3.8, 4) is 28.3 Å². The molecule has 0 aliphatic rings. The molecule has 1 N–H and O–H groups in total. The molecule has 0 amide bonds. The van der Waals surface area contributed by atoms with Crippen molar-refractivity contribution >= 4 is 12.0 Å². The predicted molar refractivity (Wildman–Crippen MR) is 169 cm³/mol. The minimum Gasteiger partial charge on any atom is -0.328 e. The van der Waals surface area contributed by atoms with Crippen molar-refractivity contribution in [2.75, 3.05) is 5.32 Å². The first-order valence-electron chi connectivity index (χ1n) is 14.0. The lowest BCUT2D eigenvalue weighted by molar-refractivity contribution is 0.745. The van der Waals surface area contributed by atoms with Gasteiger partial charge < -0.3 is 5.32 Å². The van der Waals surface area contributed by atoms with Gasteiger partial charge >= 0.3 is 0 Å². The van der Waals surface area contributed by atoms with Gasteiger partial charge in [-0.15, -0.1) is 13.2 Å². The van der Waals surface area contributed by atoms with Crippen LogP contribution in [0, 0.1) is 0 Å². The highest BCUT2D eigenvalue weighted by Gasteiger charge is 2.21. The van der Waals surface area contributed by atoms with Gasteiger partial charge in [-0.3, -0.25) is 0 Å². The normalized spacial score (nSPS) is 11.6. The van der Waals surface area contributed by atoms with E-state index < -0.39 is 0 Å². The van der Waals surface area contributed by atoms with Gasteiger partial charge in [-0.2, -0.15) is 10.1 Å². The van der Waals surface area contributed by atoms with E-state index in [2.05, 4.69) is 97.1 Å². The molecule has 2 aromatic carbocycles. The Kier molecular flexibility index (Phi) is 10.4. The highest BCUT2D eigenvalue weighted by Crippen LogP contribution is 2.35. The smallest absolute Gasteiger partial charge is 0.228 e. The summed E-state index contributed by atoms with van der Waals surface area (Å²) >= 11 is 0. The summed E-state index contributed by atoms with van der Waals surface area (Å²) in [5, 5.41) is 8.54. The number of benzene rings is 2. The van der Waals surface area contributed by atoms with Gasteiger partial charge in [0, 0.05) is 34.7 Å². The van der Waals surface area contributed by atoms with Crippen LogP contribution in [0.3, 0.4) is 0 Å². The van der Waals surface area contributed by atoms with E-state index in [0.29, 0.717) is 11.8 Å². The SMILES string of the molecule is C=CCC/C(=C\C)Nc1nccc(-n2nc(-c3ccccc3)c(/C=C/CCCCC(=C)C)c2-c2ccccc2)n1. The third-order valence-corrected chi connectivity index (χ3v) is 6.62. The van der Waals surface area contributed by atoms with Crippen LogP contribution < -0.4 is 5.32 Å². The number of aromatic nitrogens is 4. The molecule has 5 nitrogen and oxygen atoms in total. The van der Waals surface area contributed by atoms with E-state index in [1.165, 1.54) is 5.57 Å². The molecule has 4 rings (SSSR count). The number of hydrogen-bond donors (Lipinski definition) is 1. The standard InChI is InChI=1S/C35H39N5/c1-5-7-23-30(6-2)37-35-36-26-25-32(38-35)40-34(29-21-15-11-16-22-29)31(24-17-9-8-12-18-27(3)4)33(39-40)28-19-13-10-14-20-28/h5-6,10-11,13-17,19-22,24-26H,1,3,7-9,12,18,23H2,2,4H3,(H,36,37,38)/b24-17+,30-6+. The van der Waals surface area contributed by atoms with Gasteiger partial charge in [0.15, 0.2) is 5.82 Å². The molecule has 0 aliphatic carbocycles. The molecule has 40 heavy (non-hydrogen) atoms. The molecular formula is C35H39N5. The van der Waals surface area contributed by atoms with Crippen LogP contribution in [0.2, 0.25) is 0 Å². The van der Waals surface area contributed by atoms with Crippen LogP contribution in [0.1, 0.15) is 57.9 Å². The largest absolute Gasteiger partial charge is 0.328 e. The van der Waals surface area contributed by atoms with Gasteiger partial charge in [-0.25, -0.2) is 9.67 Å². The van der Waals surface area contributed by atoms with Gasteiger partial charge in [0.25, 0.3) is 0 Å². The molecular weight excluding hydrogens is 490 g/mol. The molecule has 5 heteroatoms. The second-order valence-electron chi connectivity index (χ2n) is 9.86. The molecule has 0 fully saturated rings. The first kappa shape index (κ1) is 28.5. The zero-order chi connectivity index (χ0) is 28.2. The number of rotatable bonds is 14. The maximum Gasteiger partial charge on any atom is 0.228 e. The molecule has 2 aromatic heterocycles. The number of hydrogen-bond acceptors (Lipinski definition) is 4. The quantitative estimate of drug-likeness (QED) is 0.131. The van der Waals surface area contributed by atoms with Crippen molar-refractivity contribution in [2.24, 2.45) is 0 Å². The monoisotopic (exact) mass is 529 g/mol. The maximum absolute atomic E-state index is 5.16. The molecule has 0 radical (unpaired) electrons. The van der Waals surface area contributed by atoms with Crippen LogP contribution in [0.5, 0.6) is 0 Å². The Morgan fingerprint density at radius 3 is 2.33 bits per heavy atom. The van der Waals surface area contributed by atoms with Crippen LogP contribution in [0.15, 0.2) is 116 Å². The minimum absolute atomic E-state index is 0.542. The van der Waals surface area contributed by atoms with Crippen LogP contribution in [0.4, 0.5) is 5.95 Å². The lowest BCUT2D eigenvalue weighted by atomic mass is 10.0. The van der Waals surface area contributed by atoms with Crippen molar-refractivity contribution in [1.82, 2.24) is 19.7 Å². The van der Waals surface area contributed by atoms with Gasteiger partial charge in [0.1, 0.15) is 5.69 Å². The zero-order valence-corrected chi connectivity index (χ0v) is 23.7. The highest BCUT2D eigenvalue weighted by molar-refractivity contribution is 5.84. The Hall–Kier alpha value is -4.51. The summed E-state index contributed by atoms with van der Waals surface area (Å²) in [5.41, 5.74) is 7.43. The maximum atomic E-state index is 5.16. The summed E-state index contributed by atoms with van der Waals surface area (Å²) in [5.74, 6) is 1.24. The van der Waals surface area contributed by atoms with Gasteiger partial charge in [-0.1, -0.05) is 90.5 Å². The fraction of sp³-hybridized carbons (Fsp3) is 0.229. The lowest BCUT2D eigenvalue weighted by Crippen LogP contribution is -2.08. The molecule has 0 aliphatic heterocycles. The van der Waals surface area contributed by atoms with E-state index in [4.69, 9.17) is 10.1 Å². The lowest BCUT2D eigenvalue weighted by Gasteiger charge is -2.11. The molecule has 0 bridgehead atoms. The van der Waals surface area contributed by atoms with Crippen molar-refractivity contribution in [2.45, 2.75) is 52.4 Å². The third-order valence-electron chi connectivity index (χ3n) is 6.62. The molecule has 0 saturated heterocycles. The number of unbranched alkanes of at least 4 members (excludes halogenated alkanes) is 2. The second-order valence-corrected chi connectivity index (χ2v) is 9.86. The van der Waals surface area contributed by atoms with Crippen LogP contribution in [0.25, 0.3) is 34.4 Å². The van der Waals surface area contributed by atoms with E-state index in [-0.39, 0.29) is 0 Å². The summed E-state index contributed by atoms with van der Waals surface area (Å²) in [6, 6.07) is 22.7. The van der Waals surface area contributed by atoms with Crippen LogP contribution >= 0.6 is 0 Å². The number of nitrogens with one attached hydrogen (secondary N) is 1. The molecule has 0 spiro atoms. The van der Waals surface area contributed by atoms with Gasteiger partial charge in [0.2, 0.25) is 5.95 Å². The van der Waals surface area contributed by atoms with Crippen molar-refractivity contribution < 1.29 is 0 Å². The van der Waals surface area contributed by atoms with Gasteiger partial charge in [-0.05, 0) is 52.4 Å². The first-order valence-corrected chi connectivity index (χ1v) is 14.0. The molecule has 204 valence electrons. The van der Waals surface area contributed by atoms with E-state index in [9.17, 15) is 0 Å². The van der Waals surface area contributed by atoms with E-state index in [0.717, 1.165) is 72.3 Å². The van der Waals surface area contributed by atoms with E-state index >= 15 is 0 Å². The predicted octanol–water partition coefficient (Wildman–Crippen LogP) is 9.43. The third kappa shape index (κ3) is 7.54. The molecule has 0 unspecified atom stereocenters. The average Bonchev–Trinajstić information content (AvgIpc) is 3.37. The Labute approximate surface area is 238 Å². The topological polar surface area (TPSA) is 55.6 Å². The zero-order valence-electron chi connectivity index (χ0n) is 23.7.